The summed E-state index contributed by atoms with van der Waals surface area (Å²) in [6.07, 6.45) is 0. The van der Waals surface area contributed by atoms with Gasteiger partial charge in [-0.2, -0.15) is 0 Å². The molecule has 258 valence electrons. The molecule has 55 heavy (non-hydrogen) atoms. The van der Waals surface area contributed by atoms with Crippen molar-refractivity contribution in [3.63, 3.8) is 0 Å². The molecule has 0 aliphatic rings. The van der Waals surface area contributed by atoms with Crippen LogP contribution in [-0.4, -0.2) is 0 Å². The lowest BCUT2D eigenvalue weighted by Crippen LogP contribution is -2.11. The van der Waals surface area contributed by atoms with Gasteiger partial charge in [-0.15, -0.1) is 11.3 Å². The van der Waals surface area contributed by atoms with E-state index in [0.29, 0.717) is 0 Å². The lowest BCUT2D eigenvalue weighted by molar-refractivity contribution is 0.673. The van der Waals surface area contributed by atoms with Crippen LogP contribution in [0.2, 0.25) is 0 Å². The molecule has 11 aromatic rings. The molecule has 0 saturated carbocycles. The number of nitrogens with zero attached hydrogens (tertiary/aromatic N) is 1. The standard InChI is InChI=1S/C52H33NOS/c1-2-12-34(13-3-1)35-24-26-36(27-25-35)37-28-31-39(32-29-37)53(46-20-11-23-49-51(46)43-17-7-9-22-48(43)55-49)45-19-8-6-16-41(45)42-18-10-21-47-50(42)44-33-30-38-14-4-5-15-40(38)52(44)54-47/h1-33H. The van der Waals surface area contributed by atoms with Crippen molar-refractivity contribution >= 4 is 81.3 Å². The van der Waals surface area contributed by atoms with Crippen LogP contribution >= 0.6 is 11.3 Å². The molecular weight excluding hydrogens is 687 g/mol. The van der Waals surface area contributed by atoms with Crippen LogP contribution in [0.15, 0.2) is 205 Å². The fraction of sp³-hybridized carbons (Fsp3) is 0. The Hall–Kier alpha value is -6.94. The maximum atomic E-state index is 6.67. The molecule has 0 aliphatic carbocycles. The number of hydrogen-bond donors (Lipinski definition) is 0. The molecule has 0 N–H and O–H groups in total. The molecule has 0 saturated heterocycles. The Morgan fingerprint density at radius 2 is 0.964 bits per heavy atom. The van der Waals surface area contributed by atoms with Gasteiger partial charge in [0.1, 0.15) is 11.2 Å². The highest BCUT2D eigenvalue weighted by Gasteiger charge is 2.23. The lowest BCUT2D eigenvalue weighted by atomic mass is 9.95. The molecule has 0 radical (unpaired) electrons. The van der Waals surface area contributed by atoms with Crippen LogP contribution in [0, 0.1) is 0 Å². The molecule has 0 atom stereocenters. The highest BCUT2D eigenvalue weighted by atomic mass is 32.1. The largest absolute Gasteiger partial charge is 0.455 e. The van der Waals surface area contributed by atoms with E-state index in [1.54, 1.807) is 0 Å². The molecule has 0 spiro atoms. The SMILES string of the molecule is c1ccc(-c2ccc(-c3ccc(N(c4ccccc4-c4cccc5oc6c7ccccc7ccc6c45)c4cccc5sc6ccccc6c45)cc3)cc2)cc1. The van der Waals surface area contributed by atoms with Crippen LogP contribution < -0.4 is 4.90 Å². The summed E-state index contributed by atoms with van der Waals surface area (Å²) < 4.78 is 9.22. The second kappa shape index (κ2) is 12.9. The number of anilines is 3. The number of fused-ring (bicyclic) bond motifs is 8. The van der Waals surface area contributed by atoms with E-state index >= 15 is 0 Å². The first kappa shape index (κ1) is 31.6. The zero-order valence-corrected chi connectivity index (χ0v) is 30.6. The molecule has 0 bridgehead atoms. The predicted molar refractivity (Wildman–Crippen MR) is 235 cm³/mol. The first-order valence-electron chi connectivity index (χ1n) is 18.7. The van der Waals surface area contributed by atoms with E-state index in [0.717, 1.165) is 55.5 Å². The van der Waals surface area contributed by atoms with Gasteiger partial charge in [-0.05, 0) is 81.7 Å². The van der Waals surface area contributed by atoms with Gasteiger partial charge in [-0.1, -0.05) is 152 Å². The summed E-state index contributed by atoms with van der Waals surface area (Å²) >= 11 is 1.85. The van der Waals surface area contributed by atoms with Crippen molar-refractivity contribution in [2.45, 2.75) is 0 Å². The first-order valence-corrected chi connectivity index (χ1v) is 19.5. The molecule has 3 heteroatoms. The monoisotopic (exact) mass is 719 g/mol. The van der Waals surface area contributed by atoms with Crippen molar-refractivity contribution in [3.8, 4) is 33.4 Å². The van der Waals surface area contributed by atoms with Crippen molar-refractivity contribution in [2.24, 2.45) is 0 Å². The Balaban J connectivity index is 1.11. The highest BCUT2D eigenvalue weighted by molar-refractivity contribution is 7.26. The molecule has 0 unspecified atom stereocenters. The molecule has 2 aromatic heterocycles. The first-order chi connectivity index (χ1) is 27.3. The van der Waals surface area contributed by atoms with Crippen LogP contribution in [-0.2, 0) is 0 Å². The zero-order valence-electron chi connectivity index (χ0n) is 29.8. The number of thiophene rings is 1. The van der Waals surface area contributed by atoms with Gasteiger partial charge in [-0.25, -0.2) is 0 Å². The van der Waals surface area contributed by atoms with Gasteiger partial charge in [0.05, 0.1) is 11.4 Å². The summed E-state index contributed by atoms with van der Waals surface area (Å²) in [5.41, 5.74) is 12.3. The number of rotatable bonds is 6. The van der Waals surface area contributed by atoms with Gasteiger partial charge in [-0.3, -0.25) is 0 Å². The molecule has 9 aromatic carbocycles. The van der Waals surface area contributed by atoms with Crippen LogP contribution in [0.5, 0.6) is 0 Å². The van der Waals surface area contributed by atoms with Crippen molar-refractivity contribution in [3.05, 3.63) is 200 Å². The molecule has 0 aliphatic heterocycles. The summed E-state index contributed by atoms with van der Waals surface area (Å²) in [4.78, 5) is 2.45. The minimum absolute atomic E-state index is 0.888. The van der Waals surface area contributed by atoms with Crippen LogP contribution in [0.1, 0.15) is 0 Å². The number of hydrogen-bond acceptors (Lipinski definition) is 3. The Morgan fingerprint density at radius 3 is 1.78 bits per heavy atom. The molecule has 11 rings (SSSR count). The summed E-state index contributed by atoms with van der Waals surface area (Å²) in [6.45, 7) is 0. The average molecular weight is 720 g/mol. The van der Waals surface area contributed by atoms with Crippen LogP contribution in [0.3, 0.4) is 0 Å². The minimum Gasteiger partial charge on any atom is -0.455 e. The maximum Gasteiger partial charge on any atom is 0.143 e. The van der Waals surface area contributed by atoms with E-state index in [2.05, 4.69) is 205 Å². The average Bonchev–Trinajstić information content (AvgIpc) is 3.84. The Kier molecular flexibility index (Phi) is 7.39. The van der Waals surface area contributed by atoms with E-state index < -0.39 is 0 Å². The molecule has 0 amide bonds. The second-order valence-corrected chi connectivity index (χ2v) is 15.1. The summed E-state index contributed by atoms with van der Waals surface area (Å²) in [5, 5.41) is 7.09. The molecule has 2 nitrogen and oxygen atoms in total. The van der Waals surface area contributed by atoms with Crippen molar-refractivity contribution in [2.75, 3.05) is 4.90 Å². The fourth-order valence-electron chi connectivity index (χ4n) is 8.31. The van der Waals surface area contributed by atoms with Crippen LogP contribution in [0.25, 0.3) is 86.3 Å². The highest BCUT2D eigenvalue weighted by Crippen LogP contribution is 2.49. The van der Waals surface area contributed by atoms with Gasteiger partial charge in [0.2, 0.25) is 0 Å². The third-order valence-electron chi connectivity index (χ3n) is 10.9. The number of para-hydroxylation sites is 1. The fourth-order valence-corrected chi connectivity index (χ4v) is 9.44. The Bertz CT molecular complexity index is 3190. The van der Waals surface area contributed by atoms with Crippen LogP contribution in [0.4, 0.5) is 17.1 Å². The van der Waals surface area contributed by atoms with Crippen molar-refractivity contribution in [1.82, 2.24) is 0 Å². The maximum absolute atomic E-state index is 6.67. The van der Waals surface area contributed by atoms with Crippen molar-refractivity contribution in [1.29, 1.82) is 0 Å². The Labute approximate surface area is 322 Å². The van der Waals surface area contributed by atoms with Gasteiger partial charge >= 0.3 is 0 Å². The number of benzene rings is 9. The lowest BCUT2D eigenvalue weighted by Gasteiger charge is -2.29. The summed E-state index contributed by atoms with van der Waals surface area (Å²) in [6, 6.07) is 72.1. The summed E-state index contributed by atoms with van der Waals surface area (Å²) in [7, 11) is 0. The zero-order chi connectivity index (χ0) is 36.3. The predicted octanol–water partition coefficient (Wildman–Crippen LogP) is 15.6. The van der Waals surface area contributed by atoms with E-state index in [4.69, 9.17) is 4.42 Å². The smallest absolute Gasteiger partial charge is 0.143 e. The van der Waals surface area contributed by atoms with Gasteiger partial charge < -0.3 is 9.32 Å². The molecule has 2 heterocycles. The van der Waals surface area contributed by atoms with E-state index in [9.17, 15) is 0 Å². The minimum atomic E-state index is 0.888. The van der Waals surface area contributed by atoms with E-state index in [1.165, 1.54) is 47.8 Å². The molecule has 0 fully saturated rings. The normalized spacial score (nSPS) is 11.6. The van der Waals surface area contributed by atoms with Gasteiger partial charge in [0, 0.05) is 47.6 Å². The van der Waals surface area contributed by atoms with Gasteiger partial charge in [0.25, 0.3) is 0 Å². The number of furan rings is 1. The third kappa shape index (κ3) is 5.24. The molecular formula is C52H33NOS. The van der Waals surface area contributed by atoms with Gasteiger partial charge in [0.15, 0.2) is 0 Å². The quantitative estimate of drug-likeness (QED) is 0.170. The summed E-state index contributed by atoms with van der Waals surface area (Å²) in [5.74, 6) is 0. The third-order valence-corrected chi connectivity index (χ3v) is 12.0. The van der Waals surface area contributed by atoms with E-state index in [1.807, 2.05) is 11.3 Å². The Morgan fingerprint density at radius 1 is 0.364 bits per heavy atom. The van der Waals surface area contributed by atoms with E-state index in [-0.39, 0.29) is 0 Å². The topological polar surface area (TPSA) is 16.4 Å². The van der Waals surface area contributed by atoms with Crippen molar-refractivity contribution < 1.29 is 4.42 Å². The second-order valence-electron chi connectivity index (χ2n) is 14.0.